The van der Waals surface area contributed by atoms with Crippen LogP contribution in [0.25, 0.3) is 11.3 Å². The molecule has 1 N–H and O–H groups in total. The van der Waals surface area contributed by atoms with Crippen LogP contribution < -0.4 is 0 Å². The van der Waals surface area contributed by atoms with E-state index in [4.69, 9.17) is 17.0 Å². The molecular weight excluding hydrogens is 474 g/mol. The third-order valence-electron chi connectivity index (χ3n) is 4.84. The first-order valence-corrected chi connectivity index (χ1v) is 12.4. The maximum Gasteiger partial charge on any atom is 0.329 e. The summed E-state index contributed by atoms with van der Waals surface area (Å²) in [4.78, 5) is 22.2. The quantitative estimate of drug-likeness (QED) is 0.179. The van der Waals surface area contributed by atoms with Gasteiger partial charge in [-0.3, -0.25) is 4.57 Å². The largest absolute Gasteiger partial charge is 0.493 e. The number of esters is 1. The van der Waals surface area contributed by atoms with Gasteiger partial charge < -0.3 is 9.84 Å². The number of aromatic hydroxyl groups is 1. The van der Waals surface area contributed by atoms with Gasteiger partial charge in [0.1, 0.15) is 10.9 Å². The van der Waals surface area contributed by atoms with Crippen LogP contribution in [0.4, 0.5) is 5.13 Å². The molecule has 0 radical (unpaired) electrons. The van der Waals surface area contributed by atoms with Gasteiger partial charge in [-0.2, -0.15) is 0 Å². The van der Waals surface area contributed by atoms with E-state index in [0.29, 0.717) is 20.4 Å². The Labute approximate surface area is 204 Å². The lowest BCUT2D eigenvalue weighted by atomic mass is 10.1. The molecule has 0 amide bonds. The highest BCUT2D eigenvalue weighted by molar-refractivity contribution is 7.73. The molecule has 6 nitrogen and oxygen atoms in total. The van der Waals surface area contributed by atoms with Gasteiger partial charge in [0.25, 0.3) is 0 Å². The summed E-state index contributed by atoms with van der Waals surface area (Å²) in [6.07, 6.45) is 1.88. The predicted molar refractivity (Wildman–Crippen MR) is 135 cm³/mol. The van der Waals surface area contributed by atoms with E-state index in [1.807, 2.05) is 66.0 Å². The van der Waals surface area contributed by atoms with Crippen LogP contribution >= 0.6 is 34.9 Å². The van der Waals surface area contributed by atoms with Crippen LogP contribution in [-0.2, 0) is 16.0 Å². The number of aromatic nitrogens is 2. The van der Waals surface area contributed by atoms with Gasteiger partial charge in [0.15, 0.2) is 3.95 Å². The van der Waals surface area contributed by atoms with Crippen LogP contribution in [0.2, 0.25) is 0 Å². The Bertz CT molecular complexity index is 1310. The van der Waals surface area contributed by atoms with E-state index in [9.17, 15) is 9.90 Å². The zero-order valence-corrected chi connectivity index (χ0v) is 20.2. The molecular formula is C24H21N3O3S3. The molecule has 2 heterocycles. The summed E-state index contributed by atoms with van der Waals surface area (Å²) in [5, 5.41) is 13.4. The molecule has 0 aliphatic heterocycles. The number of carbonyl (C=O) groups is 1. The normalized spacial score (nSPS) is 12.2. The van der Waals surface area contributed by atoms with Crippen LogP contribution in [0.5, 0.6) is 5.88 Å². The Balaban J connectivity index is 1.61. The van der Waals surface area contributed by atoms with Gasteiger partial charge >= 0.3 is 5.97 Å². The van der Waals surface area contributed by atoms with E-state index < -0.39 is 12.0 Å². The smallest absolute Gasteiger partial charge is 0.329 e. The second-order valence-electron chi connectivity index (χ2n) is 7.02. The average molecular weight is 496 g/mol. The summed E-state index contributed by atoms with van der Waals surface area (Å²) in [6, 6.07) is 18.6. The summed E-state index contributed by atoms with van der Waals surface area (Å²) in [6.45, 7) is 1.99. The summed E-state index contributed by atoms with van der Waals surface area (Å²) >= 11 is 8.09. The molecule has 168 valence electrons. The van der Waals surface area contributed by atoms with Crippen LogP contribution in [-0.4, -0.2) is 33.4 Å². The fourth-order valence-corrected chi connectivity index (χ4v) is 5.24. The number of carbonyl (C=O) groups excluding carboxylic acids is 1. The molecule has 0 bridgehead atoms. The monoisotopic (exact) mass is 495 g/mol. The number of hydrogen-bond acceptors (Lipinski definition) is 8. The number of aliphatic imine (C=N–C) groups is 1. The molecule has 4 rings (SSSR count). The number of ether oxygens (including phenoxy) is 1. The van der Waals surface area contributed by atoms with Gasteiger partial charge in [-0.05, 0) is 24.7 Å². The van der Waals surface area contributed by atoms with Gasteiger partial charge in [-0.1, -0.05) is 72.0 Å². The molecule has 0 saturated heterocycles. The number of rotatable bonds is 8. The molecule has 33 heavy (non-hydrogen) atoms. The first kappa shape index (κ1) is 23.0. The lowest BCUT2D eigenvalue weighted by Gasteiger charge is -2.18. The van der Waals surface area contributed by atoms with Gasteiger partial charge in [-0.25, -0.2) is 14.8 Å². The minimum Gasteiger partial charge on any atom is -0.493 e. The molecule has 0 aliphatic carbocycles. The van der Waals surface area contributed by atoms with Crippen molar-refractivity contribution in [2.45, 2.75) is 19.4 Å². The van der Waals surface area contributed by atoms with E-state index in [1.165, 1.54) is 33.5 Å². The van der Waals surface area contributed by atoms with Crippen LogP contribution in [0.15, 0.2) is 71.0 Å². The maximum absolute atomic E-state index is 12.7. The SMILES string of the molecule is CCOC(=O)[C@@H](Cc1ccccc1)n1c(O)c(C=Nc2nc(-c3ccccc3)cs2)sc1=S. The topological polar surface area (TPSA) is 76.7 Å². The van der Waals surface area contributed by atoms with Crippen molar-refractivity contribution in [2.24, 2.45) is 4.99 Å². The Hall–Kier alpha value is -3.14. The van der Waals surface area contributed by atoms with E-state index in [2.05, 4.69) is 9.98 Å². The van der Waals surface area contributed by atoms with E-state index >= 15 is 0 Å². The average Bonchev–Trinajstić information content (AvgIpc) is 3.42. The van der Waals surface area contributed by atoms with Crippen molar-refractivity contribution >= 4 is 52.2 Å². The van der Waals surface area contributed by atoms with E-state index in [-0.39, 0.29) is 12.5 Å². The molecule has 2 aromatic heterocycles. The third-order valence-corrected chi connectivity index (χ3v) is 6.91. The lowest BCUT2D eigenvalue weighted by molar-refractivity contribution is -0.147. The predicted octanol–water partition coefficient (Wildman–Crippen LogP) is 6.21. The van der Waals surface area contributed by atoms with Crippen molar-refractivity contribution in [3.05, 3.63) is 80.4 Å². The van der Waals surface area contributed by atoms with Gasteiger partial charge in [0.2, 0.25) is 11.0 Å². The summed E-state index contributed by atoms with van der Waals surface area (Å²) < 4.78 is 7.09. The van der Waals surface area contributed by atoms with E-state index in [1.54, 1.807) is 6.92 Å². The third kappa shape index (κ3) is 5.44. The number of nitrogens with zero attached hydrogens (tertiary/aromatic N) is 3. The highest BCUT2D eigenvalue weighted by Crippen LogP contribution is 2.32. The Kier molecular flexibility index (Phi) is 7.43. The molecule has 0 fully saturated rings. The lowest BCUT2D eigenvalue weighted by Crippen LogP contribution is -2.24. The highest BCUT2D eigenvalue weighted by atomic mass is 32.1. The minimum absolute atomic E-state index is 0.109. The maximum atomic E-state index is 12.7. The Morgan fingerprint density at radius 1 is 1.21 bits per heavy atom. The highest BCUT2D eigenvalue weighted by Gasteiger charge is 2.27. The second kappa shape index (κ2) is 10.7. The molecule has 1 atom stereocenters. The van der Waals surface area contributed by atoms with Crippen LogP contribution in [0.3, 0.4) is 0 Å². The fourth-order valence-electron chi connectivity index (χ4n) is 3.29. The zero-order chi connectivity index (χ0) is 23.2. The fraction of sp³-hybridized carbons (Fsp3) is 0.167. The first-order chi connectivity index (χ1) is 16.1. The summed E-state index contributed by atoms with van der Waals surface area (Å²) in [5.74, 6) is -0.552. The molecule has 0 aliphatic rings. The summed E-state index contributed by atoms with van der Waals surface area (Å²) in [5.41, 5.74) is 2.79. The van der Waals surface area contributed by atoms with Crippen molar-refractivity contribution in [3.8, 4) is 17.1 Å². The van der Waals surface area contributed by atoms with Crippen molar-refractivity contribution < 1.29 is 14.6 Å². The Morgan fingerprint density at radius 3 is 2.61 bits per heavy atom. The minimum atomic E-state index is -0.775. The standard InChI is InChI=1S/C24H21N3O3S3/c1-2-30-22(29)19(13-16-9-5-3-6-10-16)27-21(28)20(33-24(27)31)14-25-23-26-18(15-32-23)17-11-7-4-8-12-17/h3-12,14-15,19,28H,2,13H2,1H3/t19-/m1/s1. The van der Waals surface area contributed by atoms with Crippen molar-refractivity contribution in [1.29, 1.82) is 0 Å². The van der Waals surface area contributed by atoms with Gasteiger partial charge in [-0.15, -0.1) is 11.3 Å². The molecule has 4 aromatic rings. The van der Waals surface area contributed by atoms with Crippen LogP contribution in [0, 0.1) is 3.95 Å². The van der Waals surface area contributed by atoms with Crippen molar-refractivity contribution in [1.82, 2.24) is 9.55 Å². The van der Waals surface area contributed by atoms with Crippen LogP contribution in [0.1, 0.15) is 23.4 Å². The second-order valence-corrected chi connectivity index (χ2v) is 9.54. The summed E-state index contributed by atoms with van der Waals surface area (Å²) in [7, 11) is 0. The molecule has 0 spiro atoms. The first-order valence-electron chi connectivity index (χ1n) is 10.3. The number of thiazole rings is 2. The molecule has 9 heteroatoms. The zero-order valence-electron chi connectivity index (χ0n) is 17.7. The van der Waals surface area contributed by atoms with E-state index in [0.717, 1.165) is 16.8 Å². The Morgan fingerprint density at radius 2 is 1.91 bits per heavy atom. The number of hydrogen-bond donors (Lipinski definition) is 1. The molecule has 0 saturated carbocycles. The molecule has 2 aromatic carbocycles. The van der Waals surface area contributed by atoms with Gasteiger partial charge in [0.05, 0.1) is 18.5 Å². The number of benzene rings is 2. The molecule has 0 unspecified atom stereocenters. The van der Waals surface area contributed by atoms with Gasteiger partial charge in [0, 0.05) is 17.4 Å². The van der Waals surface area contributed by atoms with Crippen molar-refractivity contribution in [2.75, 3.05) is 6.61 Å². The van der Waals surface area contributed by atoms with Crippen molar-refractivity contribution in [3.63, 3.8) is 0 Å².